The number of hydrogen-bond donors (Lipinski definition) is 1. The van der Waals surface area contributed by atoms with Gasteiger partial charge in [0.15, 0.2) is 0 Å². The Hall–Kier alpha value is -0.370. The summed E-state index contributed by atoms with van der Waals surface area (Å²) in [6.45, 7) is 3.77. The summed E-state index contributed by atoms with van der Waals surface area (Å²) in [4.78, 5) is 11.0. The van der Waals surface area contributed by atoms with Gasteiger partial charge >= 0.3 is 0 Å². The predicted octanol–water partition coefficient (Wildman–Crippen LogP) is 2.64. The van der Waals surface area contributed by atoms with Crippen LogP contribution in [0.2, 0.25) is 0 Å². The van der Waals surface area contributed by atoms with Crippen LogP contribution in [0.4, 0.5) is 0 Å². The van der Waals surface area contributed by atoms with Crippen LogP contribution in [0, 0.1) is 0 Å². The van der Waals surface area contributed by atoms with Gasteiger partial charge in [-0.15, -0.1) is 8.58 Å². The van der Waals surface area contributed by atoms with Crippen LogP contribution in [-0.2, 0) is 16.7 Å². The Morgan fingerprint density at radius 1 is 1.47 bits per heavy atom. The quantitative estimate of drug-likeness (QED) is 0.774. The van der Waals surface area contributed by atoms with Crippen LogP contribution in [0.5, 0.6) is 0 Å². The molecular formula is C13H20NOPS. The van der Waals surface area contributed by atoms with Gasteiger partial charge in [-0.25, -0.2) is 0 Å². The minimum atomic E-state index is -0.319. The van der Waals surface area contributed by atoms with Crippen LogP contribution in [0.3, 0.4) is 0 Å². The van der Waals surface area contributed by atoms with Crippen LogP contribution in [0.25, 0.3) is 0 Å². The fourth-order valence-electron chi connectivity index (χ4n) is 1.45. The SMILES string of the molecule is CPCc1cccc(CSCC(N)C(C)=O)c1. The lowest BCUT2D eigenvalue weighted by Crippen LogP contribution is -2.30. The highest BCUT2D eigenvalue weighted by Crippen LogP contribution is 2.18. The van der Waals surface area contributed by atoms with Crippen molar-refractivity contribution in [2.24, 2.45) is 5.73 Å². The number of ketones is 1. The summed E-state index contributed by atoms with van der Waals surface area (Å²) in [5, 5.41) is 0. The van der Waals surface area contributed by atoms with Gasteiger partial charge in [0, 0.05) is 11.5 Å². The molecule has 0 aliphatic rings. The summed E-state index contributed by atoms with van der Waals surface area (Å²) < 4.78 is 0. The van der Waals surface area contributed by atoms with Gasteiger partial charge in [0.1, 0.15) is 5.78 Å². The second-order valence-electron chi connectivity index (χ2n) is 4.08. The van der Waals surface area contributed by atoms with Crippen LogP contribution in [-0.4, -0.2) is 24.2 Å². The highest BCUT2D eigenvalue weighted by Gasteiger charge is 2.07. The summed E-state index contributed by atoms with van der Waals surface area (Å²) in [5.74, 6) is 1.70. The third-order valence-corrected chi connectivity index (χ3v) is 4.35. The van der Waals surface area contributed by atoms with E-state index in [0.29, 0.717) is 5.75 Å². The highest BCUT2D eigenvalue weighted by atomic mass is 32.2. The monoisotopic (exact) mass is 269 g/mol. The van der Waals surface area contributed by atoms with Gasteiger partial charge in [0.2, 0.25) is 0 Å². The Kier molecular flexibility index (Phi) is 6.79. The van der Waals surface area contributed by atoms with Crippen LogP contribution in [0.1, 0.15) is 18.1 Å². The molecule has 2 atom stereocenters. The van der Waals surface area contributed by atoms with Gasteiger partial charge in [-0.2, -0.15) is 11.8 Å². The van der Waals surface area contributed by atoms with E-state index in [4.69, 9.17) is 5.73 Å². The summed E-state index contributed by atoms with van der Waals surface area (Å²) in [6.07, 6.45) is 1.16. The van der Waals surface area contributed by atoms with E-state index >= 15 is 0 Å². The summed E-state index contributed by atoms with van der Waals surface area (Å²) in [6, 6.07) is 8.35. The zero-order chi connectivity index (χ0) is 12.7. The van der Waals surface area contributed by atoms with Crippen molar-refractivity contribution in [1.82, 2.24) is 0 Å². The molecule has 0 saturated heterocycles. The van der Waals surface area contributed by atoms with E-state index in [9.17, 15) is 4.79 Å². The van der Waals surface area contributed by atoms with Crippen molar-refractivity contribution >= 4 is 26.1 Å². The van der Waals surface area contributed by atoms with E-state index in [2.05, 4.69) is 30.9 Å². The average Bonchev–Trinajstić information content (AvgIpc) is 2.29. The first kappa shape index (κ1) is 14.7. The Morgan fingerprint density at radius 3 is 2.82 bits per heavy atom. The van der Waals surface area contributed by atoms with Crippen molar-refractivity contribution in [2.75, 3.05) is 12.4 Å². The van der Waals surface area contributed by atoms with Crippen LogP contribution >= 0.6 is 20.3 Å². The van der Waals surface area contributed by atoms with Crippen LogP contribution in [0.15, 0.2) is 24.3 Å². The van der Waals surface area contributed by atoms with E-state index < -0.39 is 0 Å². The van der Waals surface area contributed by atoms with Gasteiger partial charge in [0.25, 0.3) is 0 Å². The molecule has 0 aliphatic carbocycles. The van der Waals surface area contributed by atoms with Gasteiger partial charge in [-0.05, 0) is 30.9 Å². The van der Waals surface area contributed by atoms with Gasteiger partial charge < -0.3 is 5.73 Å². The molecule has 0 heterocycles. The second kappa shape index (κ2) is 7.86. The van der Waals surface area contributed by atoms with Gasteiger partial charge in [0.05, 0.1) is 6.04 Å². The fraction of sp³-hybridized carbons (Fsp3) is 0.462. The molecule has 2 unspecified atom stereocenters. The third kappa shape index (κ3) is 5.67. The van der Waals surface area contributed by atoms with Crippen molar-refractivity contribution in [2.45, 2.75) is 24.9 Å². The van der Waals surface area contributed by atoms with Crippen molar-refractivity contribution in [3.8, 4) is 0 Å². The Balaban J connectivity index is 2.41. The minimum Gasteiger partial charge on any atom is -0.321 e. The lowest BCUT2D eigenvalue weighted by molar-refractivity contribution is -0.117. The maximum atomic E-state index is 11.0. The first-order valence-corrected chi connectivity index (χ1v) is 8.56. The van der Waals surface area contributed by atoms with E-state index in [-0.39, 0.29) is 11.8 Å². The second-order valence-corrected chi connectivity index (χ2v) is 6.17. The number of nitrogens with two attached hydrogens (primary N) is 1. The number of benzene rings is 1. The molecule has 0 amide bonds. The molecule has 0 radical (unpaired) electrons. The molecule has 0 aliphatic heterocycles. The predicted molar refractivity (Wildman–Crippen MR) is 79.2 cm³/mol. The molecule has 0 aromatic heterocycles. The minimum absolute atomic E-state index is 0.0680. The number of Topliss-reactive ketones (excluding diaryl/α,β-unsaturated/α-hetero) is 1. The molecule has 4 heteroatoms. The first-order chi connectivity index (χ1) is 8.13. The number of carbonyl (C=O) groups is 1. The van der Waals surface area contributed by atoms with E-state index in [1.165, 1.54) is 11.1 Å². The molecule has 0 bridgehead atoms. The third-order valence-electron chi connectivity index (χ3n) is 2.46. The van der Waals surface area contributed by atoms with Gasteiger partial charge in [-0.1, -0.05) is 24.3 Å². The Labute approximate surface area is 110 Å². The van der Waals surface area contributed by atoms with E-state index in [0.717, 1.165) is 20.5 Å². The van der Waals surface area contributed by atoms with Crippen molar-refractivity contribution < 1.29 is 4.79 Å². The van der Waals surface area contributed by atoms with Crippen molar-refractivity contribution in [3.05, 3.63) is 35.4 Å². The molecule has 17 heavy (non-hydrogen) atoms. The number of hydrogen-bond acceptors (Lipinski definition) is 3. The zero-order valence-corrected chi connectivity index (χ0v) is 12.2. The number of carbonyl (C=O) groups excluding carboxylic acids is 1. The van der Waals surface area contributed by atoms with E-state index in [1.54, 1.807) is 18.7 Å². The van der Waals surface area contributed by atoms with Crippen LogP contribution < -0.4 is 5.73 Å². The Morgan fingerprint density at radius 2 is 2.18 bits per heavy atom. The molecule has 0 spiro atoms. The molecule has 0 fully saturated rings. The van der Waals surface area contributed by atoms with Crippen molar-refractivity contribution in [3.63, 3.8) is 0 Å². The smallest absolute Gasteiger partial charge is 0.147 e. The maximum absolute atomic E-state index is 11.0. The average molecular weight is 269 g/mol. The maximum Gasteiger partial charge on any atom is 0.147 e. The molecule has 94 valence electrons. The lowest BCUT2D eigenvalue weighted by atomic mass is 10.2. The molecular weight excluding hydrogens is 249 g/mol. The standard InChI is InChI=1S/C13H20NOPS/c1-10(15)13(14)9-17-8-12-5-3-4-11(6-12)7-16-2/h3-6,13,16H,7-9,14H2,1-2H3. The fourth-order valence-corrected chi connectivity index (χ4v) is 3.10. The highest BCUT2D eigenvalue weighted by molar-refractivity contribution is 7.98. The molecule has 1 rings (SSSR count). The summed E-state index contributed by atoms with van der Waals surface area (Å²) >= 11 is 1.73. The van der Waals surface area contributed by atoms with Gasteiger partial charge in [-0.3, -0.25) is 4.79 Å². The summed E-state index contributed by atoms with van der Waals surface area (Å²) in [5.41, 5.74) is 8.41. The lowest BCUT2D eigenvalue weighted by Gasteiger charge is -2.08. The normalized spacial score (nSPS) is 13.1. The van der Waals surface area contributed by atoms with E-state index in [1.807, 2.05) is 0 Å². The molecule has 2 nitrogen and oxygen atoms in total. The number of thioether (sulfide) groups is 1. The summed E-state index contributed by atoms with van der Waals surface area (Å²) in [7, 11) is 0.955. The Bertz CT molecular complexity index is 370. The first-order valence-electron chi connectivity index (χ1n) is 5.69. The zero-order valence-electron chi connectivity index (χ0n) is 10.4. The topological polar surface area (TPSA) is 43.1 Å². The van der Waals surface area contributed by atoms with Crippen molar-refractivity contribution in [1.29, 1.82) is 0 Å². The number of rotatable bonds is 7. The molecule has 0 saturated carbocycles. The largest absolute Gasteiger partial charge is 0.321 e. The molecule has 2 N–H and O–H groups in total. The molecule has 1 aromatic rings. The molecule has 1 aromatic carbocycles.